The molecular formula is C14H24N2O4. The first-order valence-electron chi connectivity index (χ1n) is 7.50. The first kappa shape index (κ1) is 15.1. The van der Waals surface area contributed by atoms with Gasteiger partial charge in [-0.1, -0.05) is 6.92 Å². The molecule has 2 heterocycles. The summed E-state index contributed by atoms with van der Waals surface area (Å²) in [5.41, 5.74) is 0. The second-order valence-electron chi connectivity index (χ2n) is 5.63. The summed E-state index contributed by atoms with van der Waals surface area (Å²) in [6.45, 7) is 5.07. The molecule has 0 aromatic carbocycles. The third-order valence-corrected chi connectivity index (χ3v) is 4.01. The molecule has 2 fully saturated rings. The number of carbonyl (C=O) groups excluding carboxylic acids is 1. The van der Waals surface area contributed by atoms with E-state index >= 15 is 0 Å². The van der Waals surface area contributed by atoms with E-state index in [0.29, 0.717) is 26.1 Å². The topological polar surface area (TPSA) is 70.1 Å². The molecular weight excluding hydrogens is 260 g/mol. The number of carboxylic acid groups (broad SMARTS) is 1. The maximum Gasteiger partial charge on any atom is 0.320 e. The molecule has 2 rings (SSSR count). The van der Waals surface area contributed by atoms with Crippen molar-refractivity contribution in [1.29, 1.82) is 0 Å². The molecule has 114 valence electrons. The van der Waals surface area contributed by atoms with Gasteiger partial charge in [-0.05, 0) is 25.7 Å². The molecule has 6 nitrogen and oxygen atoms in total. The standard InChI is InChI=1S/C14H24N2O4/c1-2-8-20-12-4-3-6-15(10-12)14(19)16-7-5-11(9-16)13(17)18/h11-12H,2-10H2,1H3,(H,17,18). The summed E-state index contributed by atoms with van der Waals surface area (Å²) in [7, 11) is 0. The number of ether oxygens (including phenoxy) is 1. The summed E-state index contributed by atoms with van der Waals surface area (Å²) in [5, 5.41) is 8.99. The average molecular weight is 284 g/mol. The minimum Gasteiger partial charge on any atom is -0.481 e. The lowest BCUT2D eigenvalue weighted by molar-refractivity contribution is -0.141. The number of carbonyl (C=O) groups is 2. The third-order valence-electron chi connectivity index (χ3n) is 4.01. The number of rotatable bonds is 4. The molecule has 1 N–H and O–H groups in total. The van der Waals surface area contributed by atoms with Gasteiger partial charge >= 0.3 is 12.0 Å². The van der Waals surface area contributed by atoms with Crippen molar-refractivity contribution in [2.24, 2.45) is 5.92 Å². The summed E-state index contributed by atoms with van der Waals surface area (Å²) >= 11 is 0. The van der Waals surface area contributed by atoms with Crippen molar-refractivity contribution >= 4 is 12.0 Å². The van der Waals surface area contributed by atoms with Crippen LogP contribution in [0.5, 0.6) is 0 Å². The van der Waals surface area contributed by atoms with Gasteiger partial charge in [0.05, 0.1) is 12.0 Å². The van der Waals surface area contributed by atoms with Gasteiger partial charge in [-0.15, -0.1) is 0 Å². The van der Waals surface area contributed by atoms with E-state index in [1.165, 1.54) is 0 Å². The van der Waals surface area contributed by atoms with Gasteiger partial charge in [0.15, 0.2) is 0 Å². The van der Waals surface area contributed by atoms with Crippen LogP contribution in [0.15, 0.2) is 0 Å². The van der Waals surface area contributed by atoms with Crippen molar-refractivity contribution in [2.75, 3.05) is 32.8 Å². The Morgan fingerprint density at radius 3 is 2.60 bits per heavy atom. The summed E-state index contributed by atoms with van der Waals surface area (Å²) in [6, 6.07) is -0.0291. The second kappa shape index (κ2) is 6.92. The van der Waals surface area contributed by atoms with Crippen LogP contribution in [-0.2, 0) is 9.53 Å². The highest BCUT2D eigenvalue weighted by Gasteiger charge is 2.34. The highest BCUT2D eigenvalue weighted by molar-refractivity contribution is 5.77. The number of piperidine rings is 1. The van der Waals surface area contributed by atoms with E-state index in [0.717, 1.165) is 32.4 Å². The molecule has 0 radical (unpaired) electrons. The van der Waals surface area contributed by atoms with Gasteiger partial charge in [-0.3, -0.25) is 4.79 Å². The Kier molecular flexibility index (Phi) is 5.23. The highest BCUT2D eigenvalue weighted by Crippen LogP contribution is 2.21. The van der Waals surface area contributed by atoms with Crippen LogP contribution in [0.2, 0.25) is 0 Å². The fourth-order valence-electron chi connectivity index (χ4n) is 2.87. The van der Waals surface area contributed by atoms with Gasteiger partial charge < -0.3 is 19.6 Å². The number of amides is 2. The van der Waals surface area contributed by atoms with Crippen LogP contribution in [0.1, 0.15) is 32.6 Å². The van der Waals surface area contributed by atoms with Crippen molar-refractivity contribution in [3.8, 4) is 0 Å². The zero-order valence-corrected chi connectivity index (χ0v) is 12.1. The summed E-state index contributed by atoms with van der Waals surface area (Å²) in [6.07, 6.45) is 3.63. The molecule has 6 heteroatoms. The number of carboxylic acids is 1. The monoisotopic (exact) mass is 284 g/mol. The van der Waals surface area contributed by atoms with E-state index < -0.39 is 11.9 Å². The number of likely N-dealkylation sites (tertiary alicyclic amines) is 2. The van der Waals surface area contributed by atoms with Gasteiger partial charge in [0, 0.05) is 32.8 Å². The van der Waals surface area contributed by atoms with Gasteiger partial charge in [-0.2, -0.15) is 0 Å². The Hall–Kier alpha value is -1.30. The van der Waals surface area contributed by atoms with Crippen LogP contribution in [0.4, 0.5) is 4.79 Å². The molecule has 0 aliphatic carbocycles. The van der Waals surface area contributed by atoms with Crippen molar-refractivity contribution < 1.29 is 19.4 Å². The Morgan fingerprint density at radius 1 is 1.20 bits per heavy atom. The van der Waals surface area contributed by atoms with Crippen molar-refractivity contribution in [1.82, 2.24) is 9.80 Å². The second-order valence-corrected chi connectivity index (χ2v) is 5.63. The molecule has 0 spiro atoms. The van der Waals surface area contributed by atoms with Crippen LogP contribution >= 0.6 is 0 Å². The van der Waals surface area contributed by atoms with Crippen LogP contribution in [0, 0.1) is 5.92 Å². The third kappa shape index (κ3) is 3.62. The number of hydrogen-bond acceptors (Lipinski definition) is 3. The molecule has 0 saturated carbocycles. The van der Waals surface area contributed by atoms with E-state index in [1.54, 1.807) is 4.90 Å². The van der Waals surface area contributed by atoms with Crippen LogP contribution in [0.25, 0.3) is 0 Å². The lowest BCUT2D eigenvalue weighted by atomic mass is 10.1. The SMILES string of the molecule is CCCOC1CCCN(C(=O)N2CCC(C(=O)O)C2)C1. The largest absolute Gasteiger partial charge is 0.481 e. The first-order valence-corrected chi connectivity index (χ1v) is 7.50. The zero-order valence-electron chi connectivity index (χ0n) is 12.1. The Labute approximate surface area is 119 Å². The molecule has 2 atom stereocenters. The quantitative estimate of drug-likeness (QED) is 0.847. The summed E-state index contributed by atoms with van der Waals surface area (Å²) in [4.78, 5) is 26.8. The molecule has 2 saturated heterocycles. The fourth-order valence-corrected chi connectivity index (χ4v) is 2.87. The molecule has 2 amide bonds. The van der Waals surface area contributed by atoms with Gasteiger partial charge in [-0.25, -0.2) is 4.79 Å². The Morgan fingerprint density at radius 2 is 1.95 bits per heavy atom. The van der Waals surface area contributed by atoms with Crippen molar-refractivity contribution in [2.45, 2.75) is 38.7 Å². The van der Waals surface area contributed by atoms with E-state index in [-0.39, 0.29) is 12.1 Å². The lowest BCUT2D eigenvalue weighted by Gasteiger charge is -2.35. The van der Waals surface area contributed by atoms with Gasteiger partial charge in [0.25, 0.3) is 0 Å². The molecule has 2 aliphatic rings. The average Bonchev–Trinajstić information content (AvgIpc) is 2.94. The summed E-state index contributed by atoms with van der Waals surface area (Å²) < 4.78 is 5.73. The minimum absolute atomic E-state index is 0.0291. The minimum atomic E-state index is -0.803. The predicted molar refractivity (Wildman–Crippen MR) is 73.5 cm³/mol. The fraction of sp³-hybridized carbons (Fsp3) is 0.857. The van der Waals surface area contributed by atoms with Gasteiger partial charge in [0.2, 0.25) is 0 Å². The van der Waals surface area contributed by atoms with Gasteiger partial charge in [0.1, 0.15) is 0 Å². The lowest BCUT2D eigenvalue weighted by Crippen LogP contribution is -2.49. The maximum absolute atomic E-state index is 12.4. The molecule has 2 unspecified atom stereocenters. The Balaban J connectivity index is 1.84. The first-order chi connectivity index (χ1) is 9.61. The van der Waals surface area contributed by atoms with E-state index in [4.69, 9.17) is 9.84 Å². The van der Waals surface area contributed by atoms with E-state index in [2.05, 4.69) is 6.92 Å². The van der Waals surface area contributed by atoms with Crippen LogP contribution in [-0.4, -0.2) is 65.8 Å². The molecule has 0 bridgehead atoms. The zero-order chi connectivity index (χ0) is 14.5. The molecule has 20 heavy (non-hydrogen) atoms. The van der Waals surface area contributed by atoms with E-state index in [9.17, 15) is 9.59 Å². The normalized spacial score (nSPS) is 26.9. The number of hydrogen-bond donors (Lipinski definition) is 1. The van der Waals surface area contributed by atoms with Crippen LogP contribution in [0.3, 0.4) is 0 Å². The molecule has 0 aromatic heterocycles. The number of urea groups is 1. The van der Waals surface area contributed by atoms with Crippen molar-refractivity contribution in [3.63, 3.8) is 0 Å². The van der Waals surface area contributed by atoms with Crippen molar-refractivity contribution in [3.05, 3.63) is 0 Å². The maximum atomic E-state index is 12.4. The van der Waals surface area contributed by atoms with E-state index in [1.807, 2.05) is 4.90 Å². The molecule has 0 aromatic rings. The molecule has 2 aliphatic heterocycles. The Bertz CT molecular complexity index is 361. The smallest absolute Gasteiger partial charge is 0.320 e. The highest BCUT2D eigenvalue weighted by atomic mass is 16.5. The number of aliphatic carboxylic acids is 1. The summed E-state index contributed by atoms with van der Waals surface area (Å²) in [5.74, 6) is -1.21. The predicted octanol–water partition coefficient (Wildman–Crippen LogP) is 1.40. The van der Waals surface area contributed by atoms with Crippen LogP contribution < -0.4 is 0 Å². The number of nitrogens with zero attached hydrogens (tertiary/aromatic N) is 2.